The number of rotatable bonds is 3. The van der Waals surface area contributed by atoms with Crippen LogP contribution < -0.4 is 25.9 Å². The average molecular weight is 727 g/mol. The standard InChI is InChI=1S/C51H43BN2O2/c1-30-26-37-38(51(4,5)25-24-50(37,2)3)29-41(30)54-42-28-32(31-14-7-6-8-15-31)27-36(34-17-13-21-45-47(34)53-40-18-10-12-20-44(40)55-45)46(42)52-39-23-22-35-33-16-9-11-19-43(33)56-49(35)48(39)54/h6-23,26-29,52-53H,24-25H2,1-5H3. The van der Waals surface area contributed by atoms with E-state index in [1.807, 2.05) is 12.1 Å². The summed E-state index contributed by atoms with van der Waals surface area (Å²) in [6.45, 7) is 12.0. The first-order chi connectivity index (χ1) is 27.1. The molecule has 0 amide bonds. The van der Waals surface area contributed by atoms with Crippen molar-refractivity contribution < 1.29 is 9.15 Å². The van der Waals surface area contributed by atoms with Gasteiger partial charge in [-0.15, -0.1) is 0 Å². The fraction of sp³-hybridized carbons (Fsp3) is 0.176. The molecule has 3 heterocycles. The normalized spacial score (nSPS) is 15.8. The maximum atomic E-state index is 6.91. The highest BCUT2D eigenvalue weighted by molar-refractivity contribution is 6.74. The summed E-state index contributed by atoms with van der Waals surface area (Å²) in [7, 11) is 0.752. The number of benzene rings is 7. The summed E-state index contributed by atoms with van der Waals surface area (Å²) in [5.74, 6) is 1.66. The van der Waals surface area contributed by atoms with Crippen molar-refractivity contribution in [2.45, 2.75) is 58.3 Å². The molecule has 8 aromatic rings. The Morgan fingerprint density at radius 2 is 1.36 bits per heavy atom. The van der Waals surface area contributed by atoms with Crippen molar-refractivity contribution in [2.24, 2.45) is 0 Å². The zero-order chi connectivity index (χ0) is 37.9. The van der Waals surface area contributed by atoms with Crippen molar-refractivity contribution >= 4 is 68.6 Å². The molecule has 0 spiro atoms. The van der Waals surface area contributed by atoms with Gasteiger partial charge in [0.05, 0.1) is 17.1 Å². The Morgan fingerprint density at radius 3 is 2.20 bits per heavy atom. The maximum absolute atomic E-state index is 6.91. The topological polar surface area (TPSA) is 37.6 Å². The van der Waals surface area contributed by atoms with E-state index in [1.54, 1.807) is 0 Å². The van der Waals surface area contributed by atoms with E-state index in [2.05, 4.69) is 166 Å². The molecule has 272 valence electrons. The van der Waals surface area contributed by atoms with Gasteiger partial charge in [0.1, 0.15) is 5.58 Å². The highest BCUT2D eigenvalue weighted by Crippen LogP contribution is 2.52. The highest BCUT2D eigenvalue weighted by Gasteiger charge is 2.40. The molecule has 0 radical (unpaired) electrons. The number of fused-ring (bicyclic) bond motifs is 9. The Morgan fingerprint density at radius 1 is 0.625 bits per heavy atom. The van der Waals surface area contributed by atoms with Crippen LogP contribution in [-0.2, 0) is 10.8 Å². The van der Waals surface area contributed by atoms with E-state index in [1.165, 1.54) is 56.5 Å². The van der Waals surface area contributed by atoms with Crippen LogP contribution in [0, 0.1) is 6.92 Å². The summed E-state index contributed by atoms with van der Waals surface area (Å²) in [5.41, 5.74) is 18.8. The number of para-hydroxylation sites is 4. The van der Waals surface area contributed by atoms with Crippen molar-refractivity contribution in [1.82, 2.24) is 0 Å². The molecule has 0 atom stereocenters. The van der Waals surface area contributed by atoms with Crippen molar-refractivity contribution in [3.8, 4) is 33.8 Å². The summed E-state index contributed by atoms with van der Waals surface area (Å²) in [4.78, 5) is 2.55. The molecular weight excluding hydrogens is 683 g/mol. The number of ether oxygens (including phenoxy) is 1. The van der Waals surface area contributed by atoms with E-state index in [-0.39, 0.29) is 10.8 Å². The Bertz CT molecular complexity index is 2920. The molecule has 11 rings (SSSR count). The van der Waals surface area contributed by atoms with Crippen LogP contribution in [0.5, 0.6) is 11.5 Å². The Kier molecular flexibility index (Phi) is 7.05. The number of nitrogens with one attached hydrogen (secondary N) is 1. The molecule has 4 nitrogen and oxygen atoms in total. The molecule has 0 fully saturated rings. The Hall–Kier alpha value is -6.20. The van der Waals surface area contributed by atoms with Crippen molar-refractivity contribution in [2.75, 3.05) is 10.2 Å². The minimum absolute atomic E-state index is 0.0439. The van der Waals surface area contributed by atoms with Gasteiger partial charge in [-0.3, -0.25) is 0 Å². The van der Waals surface area contributed by atoms with Crippen molar-refractivity contribution in [3.63, 3.8) is 0 Å². The summed E-state index contributed by atoms with van der Waals surface area (Å²) in [6.07, 6.45) is 2.32. The summed E-state index contributed by atoms with van der Waals surface area (Å²) < 4.78 is 13.5. The van der Waals surface area contributed by atoms with Crippen LogP contribution in [0.15, 0.2) is 138 Å². The Labute approximate surface area is 329 Å². The van der Waals surface area contributed by atoms with Crippen LogP contribution in [0.3, 0.4) is 0 Å². The van der Waals surface area contributed by atoms with Crippen LogP contribution in [0.1, 0.15) is 57.2 Å². The maximum Gasteiger partial charge on any atom is 0.198 e. The number of hydrogen-bond donors (Lipinski definition) is 1. The van der Waals surface area contributed by atoms with E-state index in [9.17, 15) is 0 Å². The predicted molar refractivity (Wildman–Crippen MR) is 236 cm³/mol. The zero-order valence-electron chi connectivity index (χ0n) is 32.6. The molecule has 7 aromatic carbocycles. The van der Waals surface area contributed by atoms with Crippen LogP contribution in [0.4, 0.5) is 28.4 Å². The number of hydrogen-bond acceptors (Lipinski definition) is 4. The van der Waals surface area contributed by atoms with Gasteiger partial charge >= 0.3 is 0 Å². The molecule has 2 aliphatic heterocycles. The van der Waals surface area contributed by atoms with Gasteiger partial charge in [0.25, 0.3) is 0 Å². The molecule has 1 N–H and O–H groups in total. The van der Waals surface area contributed by atoms with Crippen molar-refractivity contribution in [1.29, 1.82) is 0 Å². The van der Waals surface area contributed by atoms with Crippen LogP contribution in [0.2, 0.25) is 0 Å². The smallest absolute Gasteiger partial charge is 0.198 e. The average Bonchev–Trinajstić information content (AvgIpc) is 3.60. The molecular formula is C51H43BN2O2. The van der Waals surface area contributed by atoms with Crippen LogP contribution >= 0.6 is 0 Å². The fourth-order valence-electron chi connectivity index (χ4n) is 9.68. The monoisotopic (exact) mass is 726 g/mol. The van der Waals surface area contributed by atoms with Gasteiger partial charge in [0.2, 0.25) is 0 Å². The third-order valence-corrected chi connectivity index (χ3v) is 12.9. The second kappa shape index (κ2) is 11.9. The molecule has 0 saturated heterocycles. The van der Waals surface area contributed by atoms with Gasteiger partial charge in [0, 0.05) is 27.7 Å². The first-order valence-electron chi connectivity index (χ1n) is 19.9. The molecule has 1 aromatic heterocycles. The molecule has 1 aliphatic carbocycles. The van der Waals surface area contributed by atoms with Crippen LogP contribution in [-0.4, -0.2) is 7.28 Å². The second-order valence-corrected chi connectivity index (χ2v) is 17.3. The summed E-state index contributed by atoms with van der Waals surface area (Å²) in [5, 5.41) is 6.06. The molecule has 56 heavy (non-hydrogen) atoms. The van der Waals surface area contributed by atoms with Gasteiger partial charge in [-0.05, 0) is 112 Å². The van der Waals surface area contributed by atoms with E-state index in [0.717, 1.165) is 75.3 Å². The number of nitrogens with zero attached hydrogens (tertiary/aromatic N) is 1. The summed E-state index contributed by atoms with van der Waals surface area (Å²) in [6, 6.07) is 48.3. The lowest BCUT2D eigenvalue weighted by Crippen LogP contribution is -2.41. The molecule has 0 saturated carbocycles. The van der Waals surface area contributed by atoms with E-state index in [0.29, 0.717) is 0 Å². The third kappa shape index (κ3) is 4.93. The van der Waals surface area contributed by atoms with Gasteiger partial charge in [-0.1, -0.05) is 124 Å². The zero-order valence-corrected chi connectivity index (χ0v) is 32.6. The fourth-order valence-corrected chi connectivity index (χ4v) is 9.68. The van der Waals surface area contributed by atoms with E-state index >= 15 is 0 Å². The lowest BCUT2D eigenvalue weighted by Gasteiger charge is -2.43. The Balaban J connectivity index is 1.24. The van der Waals surface area contributed by atoms with Gasteiger partial charge in [0.15, 0.2) is 24.4 Å². The lowest BCUT2D eigenvalue weighted by molar-refractivity contribution is 0.332. The molecule has 5 heteroatoms. The minimum Gasteiger partial charge on any atom is -0.454 e. The number of aryl methyl sites for hydroxylation is 1. The molecule has 0 unspecified atom stereocenters. The van der Waals surface area contributed by atoms with Gasteiger partial charge in [-0.2, -0.15) is 0 Å². The first kappa shape index (κ1) is 33.2. The van der Waals surface area contributed by atoms with Crippen molar-refractivity contribution in [3.05, 3.63) is 150 Å². The quantitative estimate of drug-likeness (QED) is 0.184. The third-order valence-electron chi connectivity index (χ3n) is 12.9. The van der Waals surface area contributed by atoms with E-state index in [4.69, 9.17) is 9.15 Å². The number of anilines is 5. The predicted octanol–water partition coefficient (Wildman–Crippen LogP) is 12.6. The summed E-state index contributed by atoms with van der Waals surface area (Å²) >= 11 is 0. The van der Waals surface area contributed by atoms with Gasteiger partial charge < -0.3 is 19.4 Å². The molecule has 0 bridgehead atoms. The first-order valence-corrected chi connectivity index (χ1v) is 19.9. The van der Waals surface area contributed by atoms with Crippen LogP contribution in [0.25, 0.3) is 44.2 Å². The van der Waals surface area contributed by atoms with E-state index < -0.39 is 0 Å². The second-order valence-electron chi connectivity index (χ2n) is 17.3. The highest BCUT2D eigenvalue weighted by atomic mass is 16.5. The molecule has 3 aliphatic rings. The minimum atomic E-state index is 0.0439. The largest absolute Gasteiger partial charge is 0.454 e. The SMILES string of the molecule is Cc1cc2c(cc1N1c3cc(-c4ccccc4)cc(-c4cccc5c4Nc4ccccc4O5)c3Bc3ccc4c(oc5ccccc54)c31)C(C)(C)CCC2(C)C. The lowest BCUT2D eigenvalue weighted by atomic mass is 9.57. The number of furan rings is 1. The van der Waals surface area contributed by atoms with Gasteiger partial charge in [-0.25, -0.2) is 0 Å².